The van der Waals surface area contributed by atoms with Crippen LogP contribution in [0, 0.1) is 5.92 Å². The van der Waals surface area contributed by atoms with Gasteiger partial charge < -0.3 is 15.6 Å². The quantitative estimate of drug-likeness (QED) is 0.814. The number of rotatable bonds is 4. The molecule has 0 bridgehead atoms. The normalized spacial score (nSPS) is 12.5. The Morgan fingerprint density at radius 3 is 2.62 bits per heavy atom. The maximum Gasteiger partial charge on any atom is 0.341 e. The molecule has 0 aromatic carbocycles. The summed E-state index contributed by atoms with van der Waals surface area (Å²) in [6, 6.07) is 1.34. The second-order valence-electron chi connectivity index (χ2n) is 3.99. The maximum atomic E-state index is 10.9. The minimum atomic E-state index is -1.09. The number of pyridine rings is 1. The predicted molar refractivity (Wildman–Crippen MR) is 60.5 cm³/mol. The van der Waals surface area contributed by atoms with Crippen molar-refractivity contribution in [1.82, 2.24) is 4.98 Å². The summed E-state index contributed by atoms with van der Waals surface area (Å²) in [6.07, 6.45) is 1.28. The van der Waals surface area contributed by atoms with Gasteiger partial charge in [0.1, 0.15) is 5.56 Å². The van der Waals surface area contributed by atoms with Crippen LogP contribution in [0.3, 0.4) is 0 Å². The number of nitrogen functional groups attached to an aromatic ring is 1. The summed E-state index contributed by atoms with van der Waals surface area (Å²) in [5, 5.41) is 8.97. The van der Waals surface area contributed by atoms with Gasteiger partial charge in [0, 0.05) is 0 Å². The monoisotopic (exact) mass is 224 g/mol. The highest BCUT2D eigenvalue weighted by Gasteiger charge is 2.17. The highest BCUT2D eigenvalue weighted by molar-refractivity contribution is 5.91. The molecule has 1 rings (SSSR count). The SMILES string of the molecule is CC(C)C(C)Oc1ncc(N)cc1C(=O)O. The van der Waals surface area contributed by atoms with Crippen molar-refractivity contribution in [3.8, 4) is 5.88 Å². The van der Waals surface area contributed by atoms with E-state index >= 15 is 0 Å². The molecule has 88 valence electrons. The van der Waals surface area contributed by atoms with Crippen LogP contribution < -0.4 is 10.5 Å². The number of aromatic carboxylic acids is 1. The second kappa shape index (κ2) is 4.83. The number of ether oxygens (including phenoxy) is 1. The van der Waals surface area contributed by atoms with Crippen LogP contribution in [0.25, 0.3) is 0 Å². The van der Waals surface area contributed by atoms with Gasteiger partial charge in [-0.25, -0.2) is 9.78 Å². The van der Waals surface area contributed by atoms with Gasteiger partial charge in [0.05, 0.1) is 18.0 Å². The Bertz CT molecular complexity index is 391. The van der Waals surface area contributed by atoms with E-state index < -0.39 is 5.97 Å². The molecule has 0 radical (unpaired) electrons. The molecule has 0 aliphatic heterocycles. The largest absolute Gasteiger partial charge is 0.477 e. The molecule has 0 aliphatic rings. The van der Waals surface area contributed by atoms with Gasteiger partial charge in [-0.1, -0.05) is 13.8 Å². The minimum absolute atomic E-state index is 0.00694. The van der Waals surface area contributed by atoms with E-state index in [1.165, 1.54) is 12.3 Å². The Labute approximate surface area is 94.2 Å². The zero-order valence-corrected chi connectivity index (χ0v) is 9.60. The highest BCUT2D eigenvalue weighted by atomic mass is 16.5. The van der Waals surface area contributed by atoms with E-state index in [4.69, 9.17) is 15.6 Å². The minimum Gasteiger partial charge on any atom is -0.477 e. The summed E-state index contributed by atoms with van der Waals surface area (Å²) in [6.45, 7) is 5.85. The number of carboxylic acids is 1. The first-order valence-corrected chi connectivity index (χ1v) is 5.07. The molecule has 16 heavy (non-hydrogen) atoms. The Morgan fingerprint density at radius 1 is 1.50 bits per heavy atom. The average Bonchev–Trinajstić information content (AvgIpc) is 2.20. The summed E-state index contributed by atoms with van der Waals surface area (Å²) in [5.41, 5.74) is 5.77. The predicted octanol–water partition coefficient (Wildman–Crippen LogP) is 1.79. The molecule has 0 spiro atoms. The molecule has 1 aromatic rings. The fourth-order valence-corrected chi connectivity index (χ4v) is 1.03. The van der Waals surface area contributed by atoms with Crippen LogP contribution >= 0.6 is 0 Å². The fraction of sp³-hybridized carbons (Fsp3) is 0.455. The van der Waals surface area contributed by atoms with Crippen LogP contribution in [-0.2, 0) is 0 Å². The molecule has 0 aliphatic carbocycles. The third kappa shape index (κ3) is 2.85. The van der Waals surface area contributed by atoms with Gasteiger partial charge in [-0.05, 0) is 18.9 Å². The smallest absolute Gasteiger partial charge is 0.341 e. The maximum absolute atomic E-state index is 10.9. The van der Waals surface area contributed by atoms with Gasteiger partial charge in [0.15, 0.2) is 0 Å². The van der Waals surface area contributed by atoms with Crippen LogP contribution in [0.4, 0.5) is 5.69 Å². The van der Waals surface area contributed by atoms with Crippen molar-refractivity contribution < 1.29 is 14.6 Å². The van der Waals surface area contributed by atoms with E-state index in [1.54, 1.807) is 0 Å². The van der Waals surface area contributed by atoms with Gasteiger partial charge in [0.2, 0.25) is 5.88 Å². The molecule has 3 N–H and O–H groups in total. The van der Waals surface area contributed by atoms with Crippen LogP contribution in [0.15, 0.2) is 12.3 Å². The molecule has 1 unspecified atom stereocenters. The third-order valence-electron chi connectivity index (χ3n) is 2.34. The van der Waals surface area contributed by atoms with Crippen molar-refractivity contribution in [2.24, 2.45) is 5.92 Å². The number of carbonyl (C=O) groups is 1. The lowest BCUT2D eigenvalue weighted by molar-refractivity contribution is 0.0685. The first-order chi connectivity index (χ1) is 7.41. The van der Waals surface area contributed by atoms with Crippen LogP contribution in [-0.4, -0.2) is 22.2 Å². The number of carboxylic acid groups (broad SMARTS) is 1. The summed E-state index contributed by atoms with van der Waals surface area (Å²) in [7, 11) is 0. The molecule has 0 saturated heterocycles. The molecule has 0 fully saturated rings. The number of nitrogens with zero attached hydrogens (tertiary/aromatic N) is 1. The number of aromatic nitrogens is 1. The zero-order valence-electron chi connectivity index (χ0n) is 9.60. The van der Waals surface area contributed by atoms with Crippen LogP contribution in [0.1, 0.15) is 31.1 Å². The molecule has 5 heteroatoms. The van der Waals surface area contributed by atoms with E-state index in [0.29, 0.717) is 5.69 Å². The van der Waals surface area contributed by atoms with E-state index in [9.17, 15) is 4.79 Å². The summed E-state index contributed by atoms with van der Waals surface area (Å²) in [4.78, 5) is 14.8. The van der Waals surface area contributed by atoms with E-state index in [2.05, 4.69) is 4.98 Å². The van der Waals surface area contributed by atoms with Crippen molar-refractivity contribution in [1.29, 1.82) is 0 Å². The Balaban J connectivity index is 2.99. The molecular weight excluding hydrogens is 208 g/mol. The van der Waals surface area contributed by atoms with Gasteiger partial charge >= 0.3 is 5.97 Å². The standard InChI is InChI=1S/C11H16N2O3/c1-6(2)7(3)16-10-9(11(14)15)4-8(12)5-13-10/h4-7H,12H2,1-3H3,(H,14,15). The zero-order chi connectivity index (χ0) is 12.3. The average molecular weight is 224 g/mol. The first kappa shape index (κ1) is 12.3. The van der Waals surface area contributed by atoms with Gasteiger partial charge in [0.25, 0.3) is 0 Å². The molecule has 1 heterocycles. The van der Waals surface area contributed by atoms with E-state index in [-0.39, 0.29) is 23.5 Å². The third-order valence-corrected chi connectivity index (χ3v) is 2.34. The lowest BCUT2D eigenvalue weighted by atomic mass is 10.1. The van der Waals surface area contributed by atoms with Crippen LogP contribution in [0.2, 0.25) is 0 Å². The van der Waals surface area contributed by atoms with Crippen molar-refractivity contribution in [2.45, 2.75) is 26.9 Å². The van der Waals surface area contributed by atoms with Gasteiger partial charge in [-0.2, -0.15) is 0 Å². The van der Waals surface area contributed by atoms with E-state index in [0.717, 1.165) is 0 Å². The second-order valence-corrected chi connectivity index (χ2v) is 3.99. The van der Waals surface area contributed by atoms with Gasteiger partial charge in [-0.15, -0.1) is 0 Å². The Morgan fingerprint density at radius 2 is 2.12 bits per heavy atom. The highest BCUT2D eigenvalue weighted by Crippen LogP contribution is 2.20. The van der Waals surface area contributed by atoms with Crippen molar-refractivity contribution in [3.63, 3.8) is 0 Å². The topological polar surface area (TPSA) is 85.4 Å². The Hall–Kier alpha value is -1.78. The lowest BCUT2D eigenvalue weighted by Gasteiger charge is -2.18. The molecule has 0 saturated carbocycles. The number of nitrogens with two attached hydrogens (primary N) is 1. The summed E-state index contributed by atoms with van der Waals surface area (Å²) in [5.74, 6) is -0.699. The van der Waals surface area contributed by atoms with E-state index in [1.807, 2.05) is 20.8 Å². The summed E-state index contributed by atoms with van der Waals surface area (Å²) >= 11 is 0. The molecule has 1 aromatic heterocycles. The number of hydrogen-bond donors (Lipinski definition) is 2. The molecule has 1 atom stereocenters. The van der Waals surface area contributed by atoms with Crippen LogP contribution in [0.5, 0.6) is 5.88 Å². The lowest BCUT2D eigenvalue weighted by Crippen LogP contribution is -2.20. The van der Waals surface area contributed by atoms with Gasteiger partial charge in [-0.3, -0.25) is 0 Å². The first-order valence-electron chi connectivity index (χ1n) is 5.07. The fourth-order valence-electron chi connectivity index (χ4n) is 1.03. The Kier molecular flexibility index (Phi) is 3.71. The summed E-state index contributed by atoms with van der Waals surface area (Å²) < 4.78 is 5.48. The number of hydrogen-bond acceptors (Lipinski definition) is 4. The number of anilines is 1. The molecular formula is C11H16N2O3. The molecule has 0 amide bonds. The van der Waals surface area contributed by atoms with Crippen molar-refractivity contribution in [3.05, 3.63) is 17.8 Å². The molecule has 5 nitrogen and oxygen atoms in total. The van der Waals surface area contributed by atoms with Crippen molar-refractivity contribution >= 4 is 11.7 Å². The van der Waals surface area contributed by atoms with Crippen molar-refractivity contribution in [2.75, 3.05) is 5.73 Å².